The van der Waals surface area contributed by atoms with Gasteiger partial charge >= 0.3 is 5.69 Å². The van der Waals surface area contributed by atoms with Gasteiger partial charge in [0.15, 0.2) is 12.4 Å². The van der Waals surface area contributed by atoms with Crippen molar-refractivity contribution in [3.8, 4) is 5.75 Å². The first-order valence-corrected chi connectivity index (χ1v) is 8.56. The summed E-state index contributed by atoms with van der Waals surface area (Å²) in [5.74, 6) is -0.144. The Morgan fingerprint density at radius 2 is 2.12 bits per heavy atom. The normalized spacial score (nSPS) is 17.0. The lowest BCUT2D eigenvalue weighted by Crippen LogP contribution is -2.50. The maximum atomic E-state index is 12.7. The van der Waals surface area contributed by atoms with E-state index in [0.29, 0.717) is 24.7 Å². The van der Waals surface area contributed by atoms with Crippen molar-refractivity contribution in [2.45, 2.75) is 6.04 Å². The number of rotatable bonds is 5. The van der Waals surface area contributed by atoms with Crippen LogP contribution in [-0.2, 0) is 4.79 Å². The highest BCUT2D eigenvalue weighted by molar-refractivity contribution is 6.30. The second-order valence-electron chi connectivity index (χ2n) is 5.88. The van der Waals surface area contributed by atoms with E-state index < -0.39 is 4.92 Å². The third kappa shape index (κ3) is 4.12. The summed E-state index contributed by atoms with van der Waals surface area (Å²) in [6.45, 7) is 1.55. The SMILES string of the molecule is O=C(COc1ccccc1[N+](=O)[O-])N1CCNCC1c1cccc(Cl)c1. The van der Waals surface area contributed by atoms with Gasteiger partial charge in [-0.15, -0.1) is 0 Å². The highest BCUT2D eigenvalue weighted by Gasteiger charge is 2.28. The highest BCUT2D eigenvalue weighted by Crippen LogP contribution is 2.27. The van der Waals surface area contributed by atoms with Crippen molar-refractivity contribution >= 4 is 23.2 Å². The molecule has 7 nitrogen and oxygen atoms in total. The number of hydrogen-bond acceptors (Lipinski definition) is 5. The molecule has 0 spiro atoms. The number of halogens is 1. The van der Waals surface area contributed by atoms with Crippen LogP contribution in [0.1, 0.15) is 11.6 Å². The molecule has 1 aliphatic rings. The zero-order chi connectivity index (χ0) is 18.5. The standard InChI is InChI=1S/C18H18ClN3O4/c19-14-5-3-4-13(10-14)16-11-20-8-9-21(16)18(23)12-26-17-7-2-1-6-15(17)22(24)25/h1-7,10,16,20H,8-9,11-12H2. The number of nitrogens with zero attached hydrogens (tertiary/aromatic N) is 2. The van der Waals surface area contributed by atoms with Crippen LogP contribution in [-0.4, -0.2) is 42.0 Å². The summed E-state index contributed by atoms with van der Waals surface area (Å²) in [5, 5.41) is 14.9. The van der Waals surface area contributed by atoms with Crippen LogP contribution in [0.25, 0.3) is 0 Å². The van der Waals surface area contributed by atoms with E-state index in [1.807, 2.05) is 18.2 Å². The molecule has 0 bridgehead atoms. The van der Waals surface area contributed by atoms with Gasteiger partial charge in [-0.25, -0.2) is 0 Å². The van der Waals surface area contributed by atoms with Crippen LogP contribution >= 0.6 is 11.6 Å². The van der Waals surface area contributed by atoms with Crippen molar-refractivity contribution < 1.29 is 14.5 Å². The number of para-hydroxylation sites is 2. The predicted molar refractivity (Wildman–Crippen MR) is 97.4 cm³/mol. The third-order valence-electron chi connectivity index (χ3n) is 4.21. The van der Waals surface area contributed by atoms with Gasteiger partial charge in [0.2, 0.25) is 0 Å². The summed E-state index contributed by atoms with van der Waals surface area (Å²) in [5.41, 5.74) is 0.774. The monoisotopic (exact) mass is 375 g/mol. The van der Waals surface area contributed by atoms with Gasteiger partial charge in [0.25, 0.3) is 5.91 Å². The smallest absolute Gasteiger partial charge is 0.310 e. The van der Waals surface area contributed by atoms with Crippen molar-refractivity contribution in [2.75, 3.05) is 26.2 Å². The average Bonchev–Trinajstić information content (AvgIpc) is 2.66. The second-order valence-corrected chi connectivity index (χ2v) is 6.31. The van der Waals surface area contributed by atoms with Crippen LogP contribution in [0.4, 0.5) is 5.69 Å². The van der Waals surface area contributed by atoms with E-state index in [-0.39, 0.29) is 30.0 Å². The molecule has 136 valence electrons. The van der Waals surface area contributed by atoms with Crippen LogP contribution in [0.5, 0.6) is 5.75 Å². The molecule has 26 heavy (non-hydrogen) atoms. The molecule has 1 heterocycles. The third-order valence-corrected chi connectivity index (χ3v) is 4.45. The van der Waals surface area contributed by atoms with Crippen molar-refractivity contribution in [1.82, 2.24) is 10.2 Å². The van der Waals surface area contributed by atoms with E-state index in [1.54, 1.807) is 23.1 Å². The molecule has 1 N–H and O–H groups in total. The number of carbonyl (C=O) groups is 1. The fourth-order valence-corrected chi connectivity index (χ4v) is 3.17. The Morgan fingerprint density at radius 1 is 1.31 bits per heavy atom. The molecule has 1 aliphatic heterocycles. The molecule has 1 unspecified atom stereocenters. The molecule has 2 aromatic rings. The lowest BCUT2D eigenvalue weighted by atomic mass is 10.0. The van der Waals surface area contributed by atoms with Crippen molar-refractivity contribution in [1.29, 1.82) is 0 Å². The van der Waals surface area contributed by atoms with Gasteiger partial charge in [-0.1, -0.05) is 35.9 Å². The molecule has 1 fully saturated rings. The minimum absolute atomic E-state index is 0.0836. The van der Waals surface area contributed by atoms with Gasteiger partial charge in [0.1, 0.15) is 0 Å². The van der Waals surface area contributed by atoms with E-state index >= 15 is 0 Å². The fraction of sp³-hybridized carbons (Fsp3) is 0.278. The molecule has 8 heteroatoms. The zero-order valence-corrected chi connectivity index (χ0v) is 14.7. The van der Waals surface area contributed by atoms with Crippen molar-refractivity contribution in [2.24, 2.45) is 0 Å². The Labute approximate surface area is 155 Å². The first-order valence-electron chi connectivity index (χ1n) is 8.18. The maximum absolute atomic E-state index is 12.7. The molecule has 0 radical (unpaired) electrons. The topological polar surface area (TPSA) is 84.7 Å². The van der Waals surface area contributed by atoms with Crippen molar-refractivity contribution in [3.05, 3.63) is 69.2 Å². The lowest BCUT2D eigenvalue weighted by molar-refractivity contribution is -0.385. The number of nitrogens with one attached hydrogen (secondary N) is 1. The number of nitro benzene ring substituents is 1. The summed E-state index contributed by atoms with van der Waals surface area (Å²) < 4.78 is 5.44. The minimum atomic E-state index is -0.528. The summed E-state index contributed by atoms with van der Waals surface area (Å²) in [4.78, 5) is 24.9. The second kappa shape index (κ2) is 8.16. The molecule has 1 atom stereocenters. The van der Waals surface area contributed by atoms with Gasteiger partial charge in [-0.05, 0) is 23.8 Å². The number of carbonyl (C=O) groups excluding carboxylic acids is 1. The predicted octanol–water partition coefficient (Wildman–Crippen LogP) is 2.80. The van der Waals surface area contributed by atoms with Gasteiger partial charge in [0, 0.05) is 30.7 Å². The van der Waals surface area contributed by atoms with Crippen LogP contribution in [0, 0.1) is 10.1 Å². The Morgan fingerprint density at radius 3 is 2.88 bits per heavy atom. The minimum Gasteiger partial charge on any atom is -0.477 e. The Bertz CT molecular complexity index is 815. The number of ether oxygens (including phenoxy) is 1. The van der Waals surface area contributed by atoms with Crippen LogP contribution in [0.15, 0.2) is 48.5 Å². The van der Waals surface area contributed by atoms with E-state index in [4.69, 9.17) is 16.3 Å². The number of amides is 1. The first-order chi connectivity index (χ1) is 12.6. The van der Waals surface area contributed by atoms with E-state index in [9.17, 15) is 14.9 Å². The Balaban J connectivity index is 1.72. The molecule has 3 rings (SSSR count). The maximum Gasteiger partial charge on any atom is 0.310 e. The molecule has 0 saturated carbocycles. The quantitative estimate of drug-likeness (QED) is 0.641. The molecule has 0 aromatic heterocycles. The van der Waals surface area contributed by atoms with Crippen LogP contribution in [0.2, 0.25) is 5.02 Å². The van der Waals surface area contributed by atoms with Gasteiger partial charge in [-0.3, -0.25) is 14.9 Å². The molecular weight excluding hydrogens is 358 g/mol. The van der Waals surface area contributed by atoms with E-state index in [0.717, 1.165) is 5.56 Å². The van der Waals surface area contributed by atoms with Crippen molar-refractivity contribution in [3.63, 3.8) is 0 Å². The molecule has 0 aliphatic carbocycles. The highest BCUT2D eigenvalue weighted by atomic mass is 35.5. The van der Waals surface area contributed by atoms with Gasteiger partial charge < -0.3 is 15.0 Å². The summed E-state index contributed by atoms with van der Waals surface area (Å²) in [6, 6.07) is 13.2. The Kier molecular flexibility index (Phi) is 5.70. The van der Waals surface area contributed by atoms with E-state index in [1.165, 1.54) is 12.1 Å². The zero-order valence-electron chi connectivity index (χ0n) is 13.9. The lowest BCUT2D eigenvalue weighted by Gasteiger charge is -2.36. The first kappa shape index (κ1) is 18.2. The fourth-order valence-electron chi connectivity index (χ4n) is 2.97. The summed E-state index contributed by atoms with van der Waals surface area (Å²) in [6.07, 6.45) is 0. The molecular formula is C18H18ClN3O4. The molecule has 1 saturated heterocycles. The number of piperazine rings is 1. The molecule has 1 amide bonds. The van der Waals surface area contributed by atoms with Gasteiger partial charge in [0.05, 0.1) is 11.0 Å². The van der Waals surface area contributed by atoms with Crippen LogP contribution in [0.3, 0.4) is 0 Å². The number of hydrogen-bond donors (Lipinski definition) is 1. The van der Waals surface area contributed by atoms with E-state index in [2.05, 4.69) is 5.32 Å². The summed E-state index contributed by atoms with van der Waals surface area (Å²) >= 11 is 6.07. The van der Waals surface area contributed by atoms with Gasteiger partial charge in [-0.2, -0.15) is 0 Å². The Hall–Kier alpha value is -2.64. The largest absolute Gasteiger partial charge is 0.477 e. The van der Waals surface area contributed by atoms with Crippen LogP contribution < -0.4 is 10.1 Å². The number of nitro groups is 1. The summed E-state index contributed by atoms with van der Waals surface area (Å²) in [7, 11) is 0. The molecule has 2 aromatic carbocycles. The average molecular weight is 376 g/mol. The number of benzene rings is 2.